The molecule has 1 aliphatic carbocycles. The van der Waals surface area contributed by atoms with E-state index < -0.39 is 0 Å². The monoisotopic (exact) mass is 249 g/mol. The lowest BCUT2D eigenvalue weighted by molar-refractivity contribution is -0.0986. The first kappa shape index (κ1) is 12.1. The second kappa shape index (κ2) is 4.04. The van der Waals surface area contributed by atoms with Crippen molar-refractivity contribution in [2.24, 2.45) is 5.41 Å². The maximum absolute atomic E-state index is 13.4. The molecule has 0 spiro atoms. The van der Waals surface area contributed by atoms with Gasteiger partial charge in [-0.25, -0.2) is 4.39 Å². The minimum atomic E-state index is -0.118. The number of rotatable bonds is 4. The Kier molecular flexibility index (Phi) is 2.72. The Hall–Kier alpha value is -0.930. The van der Waals surface area contributed by atoms with E-state index in [1.807, 2.05) is 26.1 Å². The Balaban J connectivity index is 1.99. The molecule has 1 heterocycles. The molecule has 1 aliphatic heterocycles. The highest BCUT2D eigenvalue weighted by Gasteiger charge is 2.63. The van der Waals surface area contributed by atoms with Gasteiger partial charge in [0.15, 0.2) is 0 Å². The fraction of sp³-hybridized carbons (Fsp3) is 0.600. The molecule has 1 N–H and O–H groups in total. The zero-order chi connectivity index (χ0) is 12.8. The third-order valence-electron chi connectivity index (χ3n) is 4.79. The summed E-state index contributed by atoms with van der Waals surface area (Å²) in [6.07, 6.45) is 2.49. The molecule has 0 bridgehead atoms. The van der Waals surface area contributed by atoms with Crippen LogP contribution < -0.4 is 5.32 Å². The van der Waals surface area contributed by atoms with E-state index in [1.54, 1.807) is 6.07 Å². The number of ether oxygens (including phenoxy) is 1. The van der Waals surface area contributed by atoms with Crippen LogP contribution in [0.15, 0.2) is 18.2 Å². The van der Waals surface area contributed by atoms with Crippen LogP contribution in [0.5, 0.6) is 0 Å². The Morgan fingerprint density at radius 2 is 2.06 bits per heavy atom. The van der Waals surface area contributed by atoms with Crippen LogP contribution in [0.3, 0.4) is 0 Å². The largest absolute Gasteiger partial charge is 0.379 e. The molecule has 3 heteroatoms. The molecule has 2 fully saturated rings. The summed E-state index contributed by atoms with van der Waals surface area (Å²) in [5.74, 6) is -0.118. The van der Waals surface area contributed by atoms with E-state index in [4.69, 9.17) is 4.74 Å². The molecular formula is C15H20FNO. The van der Waals surface area contributed by atoms with E-state index in [9.17, 15) is 4.39 Å². The van der Waals surface area contributed by atoms with Gasteiger partial charge in [0.25, 0.3) is 0 Å². The molecule has 1 saturated carbocycles. The standard InChI is InChI=1S/C15H20FNO/c1-11-7-12(3-4-13(11)16)15(9-18-10-15)14(5-6-14)8-17-2/h3-4,7,17H,5-6,8-10H2,1-2H3. The van der Waals surface area contributed by atoms with Crippen LogP contribution in [0.25, 0.3) is 0 Å². The molecule has 0 radical (unpaired) electrons. The molecule has 1 aromatic rings. The number of aryl methyl sites for hydroxylation is 1. The van der Waals surface area contributed by atoms with Gasteiger partial charge in [0.2, 0.25) is 0 Å². The first-order valence-electron chi connectivity index (χ1n) is 6.63. The quantitative estimate of drug-likeness (QED) is 0.884. The van der Waals surface area contributed by atoms with E-state index in [1.165, 1.54) is 18.4 Å². The number of halogens is 1. The van der Waals surface area contributed by atoms with E-state index in [0.29, 0.717) is 5.41 Å². The molecule has 3 rings (SSSR count). The molecule has 0 atom stereocenters. The van der Waals surface area contributed by atoms with Crippen molar-refractivity contribution >= 4 is 0 Å². The maximum atomic E-state index is 13.4. The minimum absolute atomic E-state index is 0.106. The van der Waals surface area contributed by atoms with Gasteiger partial charge in [-0.15, -0.1) is 0 Å². The summed E-state index contributed by atoms with van der Waals surface area (Å²) in [7, 11) is 2.00. The zero-order valence-corrected chi connectivity index (χ0v) is 11.1. The third kappa shape index (κ3) is 1.54. The Labute approximate surface area is 108 Å². The van der Waals surface area contributed by atoms with Crippen molar-refractivity contribution in [3.8, 4) is 0 Å². The summed E-state index contributed by atoms with van der Waals surface area (Å²) in [6.45, 7) is 4.41. The number of nitrogens with one attached hydrogen (secondary N) is 1. The average Bonchev–Trinajstić information content (AvgIpc) is 3.03. The normalized spacial score (nSPS) is 23.5. The Bertz CT molecular complexity index is 464. The first-order chi connectivity index (χ1) is 8.63. The third-order valence-corrected chi connectivity index (χ3v) is 4.79. The lowest BCUT2D eigenvalue weighted by Gasteiger charge is -2.48. The van der Waals surface area contributed by atoms with Crippen LogP contribution in [-0.2, 0) is 10.2 Å². The number of benzene rings is 1. The highest BCUT2D eigenvalue weighted by molar-refractivity contribution is 5.37. The van der Waals surface area contributed by atoms with Gasteiger partial charge in [-0.05, 0) is 49.4 Å². The summed E-state index contributed by atoms with van der Waals surface area (Å²) in [4.78, 5) is 0. The van der Waals surface area contributed by atoms with Gasteiger partial charge < -0.3 is 10.1 Å². The van der Waals surface area contributed by atoms with Crippen LogP contribution in [0, 0.1) is 18.2 Å². The van der Waals surface area contributed by atoms with E-state index >= 15 is 0 Å². The molecule has 0 aromatic heterocycles. The summed E-state index contributed by atoms with van der Waals surface area (Å²) in [5.41, 5.74) is 2.41. The van der Waals surface area contributed by atoms with Gasteiger partial charge in [0.1, 0.15) is 5.82 Å². The predicted octanol–water partition coefficient (Wildman–Crippen LogP) is 2.40. The van der Waals surface area contributed by atoms with Gasteiger partial charge in [-0.3, -0.25) is 0 Å². The smallest absolute Gasteiger partial charge is 0.126 e. The molecule has 98 valence electrons. The van der Waals surface area contributed by atoms with Crippen LogP contribution in [0.2, 0.25) is 0 Å². The first-order valence-corrected chi connectivity index (χ1v) is 6.63. The molecule has 18 heavy (non-hydrogen) atoms. The van der Waals surface area contributed by atoms with Gasteiger partial charge in [0, 0.05) is 12.0 Å². The predicted molar refractivity (Wildman–Crippen MR) is 69.2 cm³/mol. The van der Waals surface area contributed by atoms with Gasteiger partial charge in [-0.2, -0.15) is 0 Å². The van der Waals surface area contributed by atoms with Gasteiger partial charge in [-0.1, -0.05) is 12.1 Å². The highest BCUT2D eigenvalue weighted by atomic mass is 19.1. The van der Waals surface area contributed by atoms with Crippen molar-refractivity contribution in [3.63, 3.8) is 0 Å². The van der Waals surface area contributed by atoms with E-state index in [2.05, 4.69) is 5.32 Å². The molecule has 2 aliphatic rings. The fourth-order valence-electron chi connectivity index (χ4n) is 3.34. The Morgan fingerprint density at radius 1 is 1.33 bits per heavy atom. The summed E-state index contributed by atoms with van der Waals surface area (Å²) >= 11 is 0. The van der Waals surface area contributed by atoms with Crippen LogP contribution in [0.1, 0.15) is 24.0 Å². The van der Waals surface area contributed by atoms with Crippen molar-refractivity contribution < 1.29 is 9.13 Å². The minimum Gasteiger partial charge on any atom is -0.379 e. The highest BCUT2D eigenvalue weighted by Crippen LogP contribution is 2.62. The van der Waals surface area contributed by atoms with Crippen LogP contribution >= 0.6 is 0 Å². The van der Waals surface area contributed by atoms with Crippen molar-refractivity contribution in [2.75, 3.05) is 26.8 Å². The molecular weight excluding hydrogens is 229 g/mol. The molecule has 2 nitrogen and oxygen atoms in total. The number of hydrogen-bond donors (Lipinski definition) is 1. The lowest BCUT2D eigenvalue weighted by Crippen LogP contribution is -2.56. The molecule has 1 saturated heterocycles. The lowest BCUT2D eigenvalue weighted by atomic mass is 9.65. The van der Waals surface area contributed by atoms with Crippen LogP contribution in [-0.4, -0.2) is 26.8 Å². The summed E-state index contributed by atoms with van der Waals surface area (Å²) < 4.78 is 18.9. The Morgan fingerprint density at radius 3 is 2.50 bits per heavy atom. The molecule has 0 amide bonds. The van der Waals surface area contributed by atoms with Crippen molar-refractivity contribution in [1.82, 2.24) is 5.32 Å². The number of hydrogen-bond acceptors (Lipinski definition) is 2. The second-order valence-electron chi connectivity index (χ2n) is 5.85. The molecule has 0 unspecified atom stereocenters. The van der Waals surface area contributed by atoms with Gasteiger partial charge >= 0.3 is 0 Å². The van der Waals surface area contributed by atoms with Crippen LogP contribution in [0.4, 0.5) is 4.39 Å². The summed E-state index contributed by atoms with van der Waals surface area (Å²) in [6, 6.07) is 5.55. The zero-order valence-electron chi connectivity index (χ0n) is 11.1. The molecule has 1 aromatic carbocycles. The maximum Gasteiger partial charge on any atom is 0.126 e. The average molecular weight is 249 g/mol. The topological polar surface area (TPSA) is 21.3 Å². The van der Waals surface area contributed by atoms with Crippen molar-refractivity contribution in [1.29, 1.82) is 0 Å². The fourth-order valence-corrected chi connectivity index (χ4v) is 3.34. The summed E-state index contributed by atoms with van der Waals surface area (Å²) in [5, 5.41) is 3.31. The van der Waals surface area contributed by atoms with E-state index in [-0.39, 0.29) is 11.2 Å². The van der Waals surface area contributed by atoms with Crippen molar-refractivity contribution in [3.05, 3.63) is 35.1 Å². The van der Waals surface area contributed by atoms with Gasteiger partial charge in [0.05, 0.1) is 13.2 Å². The SMILES string of the molecule is CNCC1(C2(c3ccc(F)c(C)c3)COC2)CC1. The van der Waals surface area contributed by atoms with E-state index in [0.717, 1.165) is 25.3 Å². The van der Waals surface area contributed by atoms with Crippen molar-refractivity contribution in [2.45, 2.75) is 25.2 Å². The second-order valence-corrected chi connectivity index (χ2v) is 5.85.